The van der Waals surface area contributed by atoms with Crippen LogP contribution in [-0.4, -0.2) is 30.3 Å². The van der Waals surface area contributed by atoms with E-state index in [1.165, 1.54) is 0 Å². The Hall–Kier alpha value is -0.770. The summed E-state index contributed by atoms with van der Waals surface area (Å²) in [6, 6.07) is 0.523. The van der Waals surface area contributed by atoms with Gasteiger partial charge in [0.25, 0.3) is 0 Å². The van der Waals surface area contributed by atoms with E-state index >= 15 is 0 Å². The van der Waals surface area contributed by atoms with Gasteiger partial charge in [0.2, 0.25) is 0 Å². The Morgan fingerprint density at radius 1 is 1.41 bits per heavy atom. The van der Waals surface area contributed by atoms with Crippen molar-refractivity contribution in [1.82, 2.24) is 10.6 Å². The molecule has 1 fully saturated rings. The van der Waals surface area contributed by atoms with Gasteiger partial charge in [-0.1, -0.05) is 13.8 Å². The number of amides is 1. The van der Waals surface area contributed by atoms with Crippen LogP contribution >= 0.6 is 0 Å². The molecular weight excluding hydrogens is 216 g/mol. The van der Waals surface area contributed by atoms with E-state index in [0.717, 1.165) is 19.4 Å². The van der Waals surface area contributed by atoms with E-state index in [0.29, 0.717) is 12.0 Å². The number of rotatable bonds is 2. The first-order valence-electron chi connectivity index (χ1n) is 6.52. The van der Waals surface area contributed by atoms with Gasteiger partial charge in [-0.05, 0) is 46.1 Å². The fourth-order valence-electron chi connectivity index (χ4n) is 2.23. The lowest BCUT2D eigenvalue weighted by atomic mass is 9.90. The third kappa shape index (κ3) is 4.94. The van der Waals surface area contributed by atoms with Crippen molar-refractivity contribution in [2.75, 3.05) is 6.54 Å². The van der Waals surface area contributed by atoms with Gasteiger partial charge in [0, 0.05) is 12.1 Å². The zero-order valence-corrected chi connectivity index (χ0v) is 11.7. The molecule has 1 aliphatic heterocycles. The number of carbonyl (C=O) groups excluding carboxylic acids is 1. The van der Waals surface area contributed by atoms with E-state index in [9.17, 15) is 4.79 Å². The molecule has 1 saturated heterocycles. The highest BCUT2D eigenvalue weighted by atomic mass is 16.6. The summed E-state index contributed by atoms with van der Waals surface area (Å²) in [7, 11) is 0. The van der Waals surface area contributed by atoms with E-state index in [2.05, 4.69) is 24.5 Å². The maximum Gasteiger partial charge on any atom is 0.407 e. The quantitative estimate of drug-likeness (QED) is 0.781. The number of carbonyl (C=O) groups is 1. The van der Waals surface area contributed by atoms with E-state index < -0.39 is 5.60 Å². The summed E-state index contributed by atoms with van der Waals surface area (Å²) in [4.78, 5) is 11.7. The lowest BCUT2D eigenvalue weighted by Gasteiger charge is -2.36. The molecule has 0 aromatic carbocycles. The third-order valence-electron chi connectivity index (χ3n) is 2.93. The summed E-state index contributed by atoms with van der Waals surface area (Å²) in [6.07, 6.45) is 1.82. The first-order chi connectivity index (χ1) is 7.79. The van der Waals surface area contributed by atoms with Crippen LogP contribution in [0.4, 0.5) is 4.79 Å². The molecule has 0 spiro atoms. The van der Waals surface area contributed by atoms with Gasteiger partial charge in [0.1, 0.15) is 5.60 Å². The number of hydrogen-bond donors (Lipinski definition) is 2. The molecule has 0 aliphatic carbocycles. The predicted octanol–water partition coefficient (Wildman–Crippen LogP) is 2.29. The van der Waals surface area contributed by atoms with Crippen molar-refractivity contribution in [3.63, 3.8) is 0 Å². The SMILES string of the molecule is CC(C)[C@@H]1NCCC[C@H]1NC(=O)OC(C)(C)C. The molecule has 2 atom stereocenters. The highest BCUT2D eigenvalue weighted by Crippen LogP contribution is 2.16. The summed E-state index contributed by atoms with van der Waals surface area (Å²) in [5, 5.41) is 6.45. The Labute approximate surface area is 104 Å². The Morgan fingerprint density at radius 3 is 2.59 bits per heavy atom. The van der Waals surface area contributed by atoms with E-state index in [-0.39, 0.29) is 12.1 Å². The number of piperidine rings is 1. The van der Waals surface area contributed by atoms with Crippen molar-refractivity contribution < 1.29 is 9.53 Å². The average molecular weight is 242 g/mol. The summed E-state index contributed by atoms with van der Waals surface area (Å²) in [5.41, 5.74) is -0.431. The molecule has 2 N–H and O–H groups in total. The van der Waals surface area contributed by atoms with Crippen molar-refractivity contribution >= 4 is 6.09 Å². The van der Waals surface area contributed by atoms with Crippen LogP contribution in [0.5, 0.6) is 0 Å². The third-order valence-corrected chi connectivity index (χ3v) is 2.93. The van der Waals surface area contributed by atoms with Crippen LogP contribution in [0.3, 0.4) is 0 Å². The molecule has 17 heavy (non-hydrogen) atoms. The van der Waals surface area contributed by atoms with Crippen molar-refractivity contribution in [2.24, 2.45) is 5.92 Å². The van der Waals surface area contributed by atoms with Gasteiger partial charge in [-0.15, -0.1) is 0 Å². The van der Waals surface area contributed by atoms with Gasteiger partial charge in [0.05, 0.1) is 0 Å². The Bertz CT molecular complexity index is 259. The molecule has 4 nitrogen and oxygen atoms in total. The molecule has 0 radical (unpaired) electrons. The first-order valence-corrected chi connectivity index (χ1v) is 6.52. The highest BCUT2D eigenvalue weighted by molar-refractivity contribution is 5.68. The number of hydrogen-bond acceptors (Lipinski definition) is 3. The molecule has 1 heterocycles. The zero-order valence-electron chi connectivity index (χ0n) is 11.7. The second kappa shape index (κ2) is 5.71. The van der Waals surface area contributed by atoms with Crippen molar-refractivity contribution in [1.29, 1.82) is 0 Å². The Balaban J connectivity index is 2.50. The normalized spacial score (nSPS) is 25.8. The topological polar surface area (TPSA) is 50.4 Å². The van der Waals surface area contributed by atoms with E-state index in [1.807, 2.05) is 20.8 Å². The predicted molar refractivity (Wildman–Crippen MR) is 69.0 cm³/mol. The molecule has 1 rings (SSSR count). The maximum atomic E-state index is 11.7. The standard InChI is InChI=1S/C13H26N2O2/c1-9(2)11-10(7-6-8-14-11)15-12(16)17-13(3,4)5/h9-11,14H,6-8H2,1-5H3,(H,15,16)/t10-,11+/m1/s1. The van der Waals surface area contributed by atoms with E-state index in [4.69, 9.17) is 4.74 Å². The molecule has 0 aromatic rings. The molecular formula is C13H26N2O2. The minimum absolute atomic E-state index is 0.179. The summed E-state index contributed by atoms with van der Waals surface area (Å²) < 4.78 is 5.29. The monoisotopic (exact) mass is 242 g/mol. The summed E-state index contributed by atoms with van der Waals surface area (Å²) in [6.45, 7) is 11.0. The van der Waals surface area contributed by atoms with Gasteiger partial charge in [-0.2, -0.15) is 0 Å². The van der Waals surface area contributed by atoms with Crippen molar-refractivity contribution in [3.05, 3.63) is 0 Å². The number of alkyl carbamates (subject to hydrolysis) is 1. The first kappa shape index (κ1) is 14.3. The smallest absolute Gasteiger partial charge is 0.407 e. The lowest BCUT2D eigenvalue weighted by molar-refractivity contribution is 0.0473. The van der Waals surface area contributed by atoms with Crippen LogP contribution in [0, 0.1) is 5.92 Å². The fraction of sp³-hybridized carbons (Fsp3) is 0.923. The molecule has 4 heteroatoms. The second-order valence-corrected chi connectivity index (χ2v) is 6.12. The molecule has 0 unspecified atom stereocenters. The van der Waals surface area contributed by atoms with Crippen LogP contribution in [0.1, 0.15) is 47.5 Å². The molecule has 0 bridgehead atoms. The van der Waals surface area contributed by atoms with E-state index in [1.54, 1.807) is 0 Å². The van der Waals surface area contributed by atoms with Gasteiger partial charge in [-0.3, -0.25) is 0 Å². The van der Waals surface area contributed by atoms with Gasteiger partial charge >= 0.3 is 6.09 Å². The average Bonchev–Trinajstić information content (AvgIpc) is 2.14. The van der Waals surface area contributed by atoms with Gasteiger partial charge in [0.15, 0.2) is 0 Å². The lowest BCUT2D eigenvalue weighted by Crippen LogP contribution is -2.56. The van der Waals surface area contributed by atoms with Crippen LogP contribution < -0.4 is 10.6 Å². The largest absolute Gasteiger partial charge is 0.444 e. The molecule has 0 aromatic heterocycles. The second-order valence-electron chi connectivity index (χ2n) is 6.12. The minimum atomic E-state index is -0.431. The Morgan fingerprint density at radius 2 is 2.06 bits per heavy atom. The highest BCUT2D eigenvalue weighted by Gasteiger charge is 2.29. The maximum absolute atomic E-state index is 11.7. The Kier molecular flexibility index (Phi) is 4.80. The van der Waals surface area contributed by atoms with Gasteiger partial charge in [-0.25, -0.2) is 4.79 Å². The molecule has 1 aliphatic rings. The summed E-state index contributed by atoms with van der Waals surface area (Å²) in [5.74, 6) is 0.509. The van der Waals surface area contributed by atoms with Crippen molar-refractivity contribution in [2.45, 2.75) is 65.1 Å². The molecule has 1 amide bonds. The minimum Gasteiger partial charge on any atom is -0.444 e. The zero-order chi connectivity index (χ0) is 13.1. The van der Waals surface area contributed by atoms with Crippen LogP contribution in [0.15, 0.2) is 0 Å². The molecule has 0 saturated carbocycles. The number of nitrogens with one attached hydrogen (secondary N) is 2. The summed E-state index contributed by atoms with van der Waals surface area (Å²) >= 11 is 0. The van der Waals surface area contributed by atoms with Crippen LogP contribution in [-0.2, 0) is 4.74 Å². The molecule has 100 valence electrons. The van der Waals surface area contributed by atoms with Gasteiger partial charge < -0.3 is 15.4 Å². The van der Waals surface area contributed by atoms with Crippen LogP contribution in [0.2, 0.25) is 0 Å². The fourth-order valence-corrected chi connectivity index (χ4v) is 2.23. The van der Waals surface area contributed by atoms with Crippen molar-refractivity contribution in [3.8, 4) is 0 Å². The number of ether oxygens (including phenoxy) is 1. The van der Waals surface area contributed by atoms with Crippen LogP contribution in [0.25, 0.3) is 0 Å².